The molecule has 0 heterocycles. The van der Waals surface area contributed by atoms with Crippen molar-refractivity contribution in [1.82, 2.24) is 0 Å². The third-order valence-electron chi connectivity index (χ3n) is 1.65. The Morgan fingerprint density at radius 3 is 2.85 bits per heavy atom. The fourth-order valence-corrected chi connectivity index (χ4v) is 0.973. The molecule has 70 valence electrons. The zero-order valence-corrected chi connectivity index (χ0v) is 7.72. The fourth-order valence-electron chi connectivity index (χ4n) is 0.973. The van der Waals surface area contributed by atoms with Gasteiger partial charge in [-0.2, -0.15) is 0 Å². The number of ether oxygens (including phenoxy) is 1. The molecule has 0 radical (unpaired) electrons. The van der Waals surface area contributed by atoms with Gasteiger partial charge in [0, 0.05) is 0 Å². The van der Waals surface area contributed by atoms with Gasteiger partial charge in [-0.3, -0.25) is 0 Å². The molecule has 0 aliphatic carbocycles. The van der Waals surface area contributed by atoms with Crippen LogP contribution in [0.15, 0.2) is 24.8 Å². The molecule has 0 aliphatic rings. The van der Waals surface area contributed by atoms with E-state index in [1.807, 2.05) is 6.92 Å². The Morgan fingerprint density at radius 1 is 1.54 bits per heavy atom. The van der Waals surface area contributed by atoms with Crippen LogP contribution in [-0.2, 0) is 0 Å². The molecule has 0 bridgehead atoms. The van der Waals surface area contributed by atoms with Gasteiger partial charge in [-0.15, -0.1) is 0 Å². The van der Waals surface area contributed by atoms with Crippen LogP contribution in [0.1, 0.15) is 18.9 Å². The highest BCUT2D eigenvalue weighted by atomic mass is 19.1. The van der Waals surface area contributed by atoms with Gasteiger partial charge in [-0.1, -0.05) is 25.6 Å². The Labute approximate surface area is 77.8 Å². The lowest BCUT2D eigenvalue weighted by Gasteiger charge is -2.05. The van der Waals surface area contributed by atoms with Crippen molar-refractivity contribution in [2.75, 3.05) is 6.61 Å². The lowest BCUT2D eigenvalue weighted by Crippen LogP contribution is -1.97. The predicted molar refractivity (Wildman–Crippen MR) is 52.3 cm³/mol. The highest BCUT2D eigenvalue weighted by Crippen LogP contribution is 2.18. The van der Waals surface area contributed by atoms with E-state index in [1.54, 1.807) is 18.2 Å². The summed E-state index contributed by atoms with van der Waals surface area (Å²) in [7, 11) is 0. The normalized spacial score (nSPS) is 9.69. The number of benzene rings is 1. The molecule has 1 rings (SSSR count). The molecule has 1 nitrogen and oxygen atoms in total. The highest BCUT2D eigenvalue weighted by Gasteiger charge is 2.02. The van der Waals surface area contributed by atoms with E-state index in [0.717, 1.165) is 12.0 Å². The van der Waals surface area contributed by atoms with Gasteiger partial charge < -0.3 is 4.74 Å². The largest absolute Gasteiger partial charge is 0.491 e. The maximum atomic E-state index is 13.2. The number of rotatable bonds is 4. The third kappa shape index (κ3) is 2.58. The molecule has 0 N–H and O–H groups in total. The van der Waals surface area contributed by atoms with E-state index in [2.05, 4.69) is 6.58 Å². The number of halogens is 1. The van der Waals surface area contributed by atoms with Gasteiger partial charge in [0.2, 0.25) is 0 Å². The van der Waals surface area contributed by atoms with E-state index < -0.39 is 0 Å². The maximum absolute atomic E-state index is 13.2. The van der Waals surface area contributed by atoms with E-state index in [0.29, 0.717) is 12.4 Å². The summed E-state index contributed by atoms with van der Waals surface area (Å²) in [6.45, 7) is 6.08. The van der Waals surface area contributed by atoms with Crippen molar-refractivity contribution in [2.45, 2.75) is 13.3 Å². The summed E-state index contributed by atoms with van der Waals surface area (Å²) in [4.78, 5) is 0. The molecule has 13 heavy (non-hydrogen) atoms. The summed E-state index contributed by atoms with van der Waals surface area (Å²) >= 11 is 0. The smallest absolute Gasteiger partial charge is 0.165 e. The van der Waals surface area contributed by atoms with Gasteiger partial charge in [-0.05, 0) is 24.1 Å². The maximum Gasteiger partial charge on any atom is 0.165 e. The van der Waals surface area contributed by atoms with Gasteiger partial charge in [0.05, 0.1) is 6.61 Å². The van der Waals surface area contributed by atoms with Crippen LogP contribution in [-0.4, -0.2) is 6.61 Å². The van der Waals surface area contributed by atoms with Crippen LogP contribution >= 0.6 is 0 Å². The minimum atomic E-state index is -0.328. The Bertz CT molecular complexity index is 294. The highest BCUT2D eigenvalue weighted by molar-refractivity contribution is 5.48. The van der Waals surface area contributed by atoms with E-state index >= 15 is 0 Å². The number of hydrogen-bond donors (Lipinski definition) is 0. The second kappa shape index (κ2) is 4.65. The van der Waals surface area contributed by atoms with Crippen LogP contribution in [0, 0.1) is 5.82 Å². The molecule has 2 heteroatoms. The van der Waals surface area contributed by atoms with Gasteiger partial charge in [0.15, 0.2) is 11.6 Å². The molecule has 0 spiro atoms. The fraction of sp³-hybridized carbons (Fsp3) is 0.273. The van der Waals surface area contributed by atoms with E-state index in [9.17, 15) is 4.39 Å². The minimum Gasteiger partial charge on any atom is -0.491 e. The second-order valence-electron chi connectivity index (χ2n) is 2.74. The molecular weight excluding hydrogens is 167 g/mol. The first kappa shape index (κ1) is 9.78. The van der Waals surface area contributed by atoms with Gasteiger partial charge in [0.1, 0.15) is 0 Å². The first-order valence-electron chi connectivity index (χ1n) is 4.32. The summed E-state index contributed by atoms with van der Waals surface area (Å²) in [5, 5.41) is 0. The summed E-state index contributed by atoms with van der Waals surface area (Å²) in [6, 6.07) is 4.82. The van der Waals surface area contributed by atoms with E-state index in [1.165, 1.54) is 6.07 Å². The molecule has 0 saturated carbocycles. The summed E-state index contributed by atoms with van der Waals surface area (Å²) in [5.74, 6) is -0.0155. The van der Waals surface area contributed by atoms with Crippen molar-refractivity contribution in [3.63, 3.8) is 0 Å². The summed E-state index contributed by atoms with van der Waals surface area (Å²) in [5.41, 5.74) is 0.765. The molecule has 1 aromatic rings. The van der Waals surface area contributed by atoms with Crippen LogP contribution < -0.4 is 4.74 Å². The summed E-state index contributed by atoms with van der Waals surface area (Å²) < 4.78 is 18.4. The standard InChI is InChI=1S/C11H13FO/c1-3-7-13-11-6-5-9(4-2)8-10(11)12/h4-6,8H,2-3,7H2,1H3. The first-order valence-corrected chi connectivity index (χ1v) is 4.32. The van der Waals surface area contributed by atoms with Crippen molar-refractivity contribution >= 4 is 6.08 Å². The second-order valence-corrected chi connectivity index (χ2v) is 2.74. The quantitative estimate of drug-likeness (QED) is 0.691. The van der Waals surface area contributed by atoms with Crippen LogP contribution in [0.25, 0.3) is 6.08 Å². The molecule has 0 aliphatic heterocycles. The molecule has 0 saturated heterocycles. The topological polar surface area (TPSA) is 9.23 Å². The van der Waals surface area contributed by atoms with Crippen molar-refractivity contribution in [1.29, 1.82) is 0 Å². The molecule has 0 amide bonds. The van der Waals surface area contributed by atoms with Crippen LogP contribution in [0.5, 0.6) is 5.75 Å². The van der Waals surface area contributed by atoms with E-state index in [4.69, 9.17) is 4.74 Å². The Kier molecular flexibility index (Phi) is 3.50. The third-order valence-corrected chi connectivity index (χ3v) is 1.65. The van der Waals surface area contributed by atoms with Gasteiger partial charge in [-0.25, -0.2) is 4.39 Å². The van der Waals surface area contributed by atoms with E-state index in [-0.39, 0.29) is 5.82 Å². The molecule has 0 fully saturated rings. The SMILES string of the molecule is C=Cc1ccc(OCCC)c(F)c1. The molecule has 0 aromatic heterocycles. The monoisotopic (exact) mass is 180 g/mol. The average Bonchev–Trinajstić information content (AvgIpc) is 2.16. The zero-order chi connectivity index (χ0) is 9.68. The molecule has 1 aromatic carbocycles. The Balaban J connectivity index is 2.79. The first-order chi connectivity index (χ1) is 6.27. The van der Waals surface area contributed by atoms with Crippen LogP contribution in [0.2, 0.25) is 0 Å². The lowest BCUT2D eigenvalue weighted by molar-refractivity contribution is 0.301. The van der Waals surface area contributed by atoms with Gasteiger partial charge in [0.25, 0.3) is 0 Å². The lowest BCUT2D eigenvalue weighted by atomic mass is 10.2. The number of hydrogen-bond acceptors (Lipinski definition) is 1. The van der Waals surface area contributed by atoms with Crippen LogP contribution in [0.3, 0.4) is 0 Å². The predicted octanol–water partition coefficient (Wildman–Crippen LogP) is 3.26. The molecule has 0 atom stereocenters. The van der Waals surface area contributed by atoms with Crippen molar-refractivity contribution in [3.05, 3.63) is 36.2 Å². The van der Waals surface area contributed by atoms with Crippen molar-refractivity contribution in [2.24, 2.45) is 0 Å². The van der Waals surface area contributed by atoms with Crippen LogP contribution in [0.4, 0.5) is 4.39 Å². The summed E-state index contributed by atoms with van der Waals surface area (Å²) in [6.07, 6.45) is 2.48. The van der Waals surface area contributed by atoms with Gasteiger partial charge >= 0.3 is 0 Å². The molecule has 0 unspecified atom stereocenters. The minimum absolute atomic E-state index is 0.312. The Hall–Kier alpha value is -1.31. The Morgan fingerprint density at radius 2 is 2.31 bits per heavy atom. The molecular formula is C11H13FO. The van der Waals surface area contributed by atoms with Crippen molar-refractivity contribution < 1.29 is 9.13 Å². The average molecular weight is 180 g/mol. The van der Waals surface area contributed by atoms with Crippen molar-refractivity contribution in [3.8, 4) is 5.75 Å². The zero-order valence-electron chi connectivity index (χ0n) is 7.72.